The highest BCUT2D eigenvalue weighted by molar-refractivity contribution is 5.75. The lowest BCUT2D eigenvalue weighted by molar-refractivity contribution is 0.114. The maximum atomic E-state index is 11.0. The van der Waals surface area contributed by atoms with Crippen LogP contribution in [-0.2, 0) is 0 Å². The molecule has 5 nitrogen and oxygen atoms in total. The minimum atomic E-state index is -0.257. The maximum Gasteiger partial charge on any atom is 0.364 e. The lowest BCUT2D eigenvalue weighted by Gasteiger charge is -2.27. The van der Waals surface area contributed by atoms with Gasteiger partial charge in [0.1, 0.15) is 0 Å². The van der Waals surface area contributed by atoms with Crippen LogP contribution in [0, 0.1) is 0 Å². The van der Waals surface area contributed by atoms with E-state index in [-0.39, 0.29) is 12.3 Å². The summed E-state index contributed by atoms with van der Waals surface area (Å²) in [6.45, 7) is 5.82. The van der Waals surface area contributed by atoms with Gasteiger partial charge in [-0.1, -0.05) is 19.0 Å². The molecule has 0 saturated carbocycles. The van der Waals surface area contributed by atoms with Gasteiger partial charge in [-0.2, -0.15) is 0 Å². The minimum Gasteiger partial charge on any atom is -0.288 e. The molecule has 0 fully saturated rings. The number of nitrogens with zero attached hydrogens (tertiary/aromatic N) is 4. The van der Waals surface area contributed by atoms with Crippen molar-refractivity contribution in [3.05, 3.63) is 0 Å². The van der Waals surface area contributed by atoms with Crippen molar-refractivity contribution in [2.75, 3.05) is 20.1 Å². The molecule has 1 rings (SSSR count). The molecule has 0 N–H and O–H groups in total. The van der Waals surface area contributed by atoms with Crippen LogP contribution < -0.4 is 0 Å². The molecule has 0 saturated heterocycles. The fourth-order valence-electron chi connectivity index (χ4n) is 1.22. The van der Waals surface area contributed by atoms with E-state index in [2.05, 4.69) is 15.1 Å². The van der Waals surface area contributed by atoms with E-state index in [1.54, 1.807) is 7.05 Å². The van der Waals surface area contributed by atoms with Crippen molar-refractivity contribution >= 4 is 6.03 Å². The van der Waals surface area contributed by atoms with Crippen LogP contribution in [0.25, 0.3) is 0 Å². The number of hydrogen-bond acceptors (Lipinski definition) is 3. The predicted octanol–water partition coefficient (Wildman–Crippen LogP) is 1.13. The van der Waals surface area contributed by atoms with Gasteiger partial charge in [-0.05, 0) is 13.1 Å². The molecule has 1 atom stereocenters. The summed E-state index contributed by atoms with van der Waals surface area (Å²) in [7, 11) is 1.71. The SMILES string of the molecule is CCN(CC)C1N=NC(=O)N1C. The zero-order valence-electron chi connectivity index (χ0n) is 7.69. The lowest BCUT2D eigenvalue weighted by atomic mass is 10.5. The van der Waals surface area contributed by atoms with Gasteiger partial charge in [0.25, 0.3) is 0 Å². The van der Waals surface area contributed by atoms with Crippen LogP contribution >= 0.6 is 0 Å². The monoisotopic (exact) mass is 170 g/mol. The summed E-state index contributed by atoms with van der Waals surface area (Å²) in [4.78, 5) is 14.6. The van der Waals surface area contributed by atoms with Crippen LogP contribution in [0.15, 0.2) is 10.2 Å². The molecule has 0 aliphatic carbocycles. The van der Waals surface area contributed by atoms with E-state index in [0.29, 0.717) is 0 Å². The average molecular weight is 170 g/mol. The van der Waals surface area contributed by atoms with Crippen LogP contribution in [0.5, 0.6) is 0 Å². The summed E-state index contributed by atoms with van der Waals surface area (Å²) >= 11 is 0. The average Bonchev–Trinajstić information content (AvgIpc) is 2.38. The van der Waals surface area contributed by atoms with Crippen LogP contribution in [-0.4, -0.2) is 42.3 Å². The number of hydrogen-bond donors (Lipinski definition) is 0. The van der Waals surface area contributed by atoms with Crippen molar-refractivity contribution in [2.45, 2.75) is 20.1 Å². The number of carbonyl (C=O) groups is 1. The quantitative estimate of drug-likeness (QED) is 0.637. The molecule has 0 radical (unpaired) electrons. The molecule has 1 aliphatic heterocycles. The number of azo groups is 1. The smallest absolute Gasteiger partial charge is 0.288 e. The number of amides is 2. The van der Waals surface area contributed by atoms with Crippen LogP contribution in [0.1, 0.15) is 13.8 Å². The van der Waals surface area contributed by atoms with Crippen LogP contribution in [0.3, 0.4) is 0 Å². The first-order chi connectivity index (χ1) is 5.70. The fraction of sp³-hybridized carbons (Fsp3) is 0.857. The Bertz CT molecular complexity index is 200. The Balaban J connectivity index is 2.64. The first kappa shape index (κ1) is 9.12. The fourth-order valence-corrected chi connectivity index (χ4v) is 1.22. The third-order valence-electron chi connectivity index (χ3n) is 2.03. The zero-order valence-corrected chi connectivity index (χ0v) is 7.69. The van der Waals surface area contributed by atoms with E-state index in [0.717, 1.165) is 13.1 Å². The van der Waals surface area contributed by atoms with Gasteiger partial charge in [0, 0.05) is 7.05 Å². The molecule has 1 heterocycles. The second kappa shape index (κ2) is 3.62. The Hall–Kier alpha value is -0.970. The topological polar surface area (TPSA) is 48.3 Å². The van der Waals surface area contributed by atoms with Gasteiger partial charge in [-0.15, -0.1) is 5.11 Å². The summed E-state index contributed by atoms with van der Waals surface area (Å²) in [6, 6.07) is -0.257. The van der Waals surface area contributed by atoms with Crippen molar-refractivity contribution in [3.8, 4) is 0 Å². The first-order valence-electron chi connectivity index (χ1n) is 4.12. The molecular weight excluding hydrogens is 156 g/mol. The van der Waals surface area contributed by atoms with Gasteiger partial charge in [-0.3, -0.25) is 9.80 Å². The Labute approximate surface area is 72.1 Å². The molecule has 1 aliphatic rings. The molecule has 1 unspecified atom stereocenters. The Morgan fingerprint density at radius 2 is 2.08 bits per heavy atom. The Morgan fingerprint density at radius 1 is 1.50 bits per heavy atom. The van der Waals surface area contributed by atoms with E-state index in [9.17, 15) is 4.79 Å². The van der Waals surface area contributed by atoms with Crippen molar-refractivity contribution in [1.82, 2.24) is 9.80 Å². The molecule has 0 aromatic rings. The maximum absolute atomic E-state index is 11.0. The van der Waals surface area contributed by atoms with E-state index >= 15 is 0 Å². The standard InChI is InChI=1S/C7H14N4O/c1-4-11(5-2)6-8-9-7(12)10(6)3/h6H,4-5H2,1-3H3. The third-order valence-corrected chi connectivity index (χ3v) is 2.03. The molecular formula is C7H14N4O. The summed E-state index contributed by atoms with van der Waals surface area (Å²) in [6.07, 6.45) is -0.188. The Kier molecular flexibility index (Phi) is 2.75. The normalized spacial score (nSPS) is 22.8. The van der Waals surface area contributed by atoms with E-state index in [4.69, 9.17) is 0 Å². The summed E-state index contributed by atoms with van der Waals surface area (Å²) < 4.78 is 0. The number of urea groups is 1. The van der Waals surface area contributed by atoms with E-state index in [1.807, 2.05) is 13.8 Å². The van der Waals surface area contributed by atoms with Crippen molar-refractivity contribution in [1.29, 1.82) is 0 Å². The highest BCUT2D eigenvalue weighted by atomic mass is 16.2. The van der Waals surface area contributed by atoms with E-state index < -0.39 is 0 Å². The molecule has 68 valence electrons. The molecule has 12 heavy (non-hydrogen) atoms. The van der Waals surface area contributed by atoms with Crippen molar-refractivity contribution in [2.24, 2.45) is 10.2 Å². The zero-order chi connectivity index (χ0) is 9.14. The molecule has 0 bridgehead atoms. The highest BCUT2D eigenvalue weighted by Gasteiger charge is 2.28. The molecule has 2 amide bonds. The number of rotatable bonds is 3. The minimum absolute atomic E-state index is 0.188. The van der Waals surface area contributed by atoms with Gasteiger partial charge in [0.15, 0.2) is 0 Å². The van der Waals surface area contributed by atoms with Crippen molar-refractivity contribution < 1.29 is 4.79 Å². The largest absolute Gasteiger partial charge is 0.364 e. The summed E-state index contributed by atoms with van der Waals surface area (Å²) in [5.74, 6) is 0. The second-order valence-corrected chi connectivity index (χ2v) is 2.68. The van der Waals surface area contributed by atoms with Gasteiger partial charge in [0.2, 0.25) is 6.29 Å². The van der Waals surface area contributed by atoms with Crippen molar-refractivity contribution in [3.63, 3.8) is 0 Å². The molecule has 5 heteroatoms. The van der Waals surface area contributed by atoms with E-state index in [1.165, 1.54) is 4.90 Å². The van der Waals surface area contributed by atoms with Gasteiger partial charge in [0.05, 0.1) is 0 Å². The van der Waals surface area contributed by atoms with Gasteiger partial charge >= 0.3 is 6.03 Å². The molecule has 0 aromatic heterocycles. The summed E-state index contributed by atoms with van der Waals surface area (Å²) in [5, 5.41) is 7.35. The van der Waals surface area contributed by atoms with Gasteiger partial charge < -0.3 is 0 Å². The first-order valence-corrected chi connectivity index (χ1v) is 4.12. The summed E-state index contributed by atoms with van der Waals surface area (Å²) in [5.41, 5.74) is 0. The van der Waals surface area contributed by atoms with Crippen LogP contribution in [0.2, 0.25) is 0 Å². The Morgan fingerprint density at radius 3 is 2.42 bits per heavy atom. The lowest BCUT2D eigenvalue weighted by Crippen LogP contribution is -2.43. The second-order valence-electron chi connectivity index (χ2n) is 2.68. The predicted molar refractivity (Wildman–Crippen MR) is 44.7 cm³/mol. The number of carbonyl (C=O) groups excluding carboxylic acids is 1. The molecule has 0 aromatic carbocycles. The van der Waals surface area contributed by atoms with Crippen LogP contribution in [0.4, 0.5) is 4.79 Å². The molecule has 0 spiro atoms. The highest BCUT2D eigenvalue weighted by Crippen LogP contribution is 2.13. The third kappa shape index (κ3) is 1.45. The van der Waals surface area contributed by atoms with Gasteiger partial charge in [-0.25, -0.2) is 4.79 Å².